The van der Waals surface area contributed by atoms with E-state index in [1.54, 1.807) is 24.1 Å². The second kappa shape index (κ2) is 11.5. The highest BCUT2D eigenvalue weighted by molar-refractivity contribution is 5.86. The number of nitriles is 1. The number of rotatable bonds is 9. The SMILES string of the molecule is COc1ccc(Cn2cc(/C=C/CC(O)(c3cn(Cc4cccc(F)c4)c4cc(C#N)ccc34)C(F)(F)F)cn2)cc1. The molecule has 1 unspecified atom stereocenters. The van der Waals surface area contributed by atoms with Crippen LogP contribution in [0.25, 0.3) is 17.0 Å². The molecule has 6 nitrogen and oxygen atoms in total. The molecule has 0 aliphatic carbocycles. The van der Waals surface area contributed by atoms with Crippen LogP contribution in [0.5, 0.6) is 5.75 Å². The van der Waals surface area contributed by atoms with Crippen molar-refractivity contribution in [2.45, 2.75) is 31.3 Å². The van der Waals surface area contributed by atoms with Gasteiger partial charge in [-0.1, -0.05) is 42.5 Å². The molecule has 5 rings (SSSR count). The van der Waals surface area contributed by atoms with Crippen molar-refractivity contribution in [2.75, 3.05) is 7.11 Å². The normalized spacial score (nSPS) is 13.4. The first-order valence-corrected chi connectivity index (χ1v) is 13.0. The maximum atomic E-state index is 14.6. The second-order valence-corrected chi connectivity index (χ2v) is 9.93. The average Bonchev–Trinajstić information content (AvgIpc) is 3.56. The molecule has 0 bridgehead atoms. The van der Waals surface area contributed by atoms with Crippen molar-refractivity contribution in [1.82, 2.24) is 14.3 Å². The fourth-order valence-electron chi connectivity index (χ4n) is 4.87. The van der Waals surface area contributed by atoms with E-state index >= 15 is 0 Å². The van der Waals surface area contributed by atoms with E-state index in [0.717, 1.165) is 11.3 Å². The van der Waals surface area contributed by atoms with Gasteiger partial charge in [0.1, 0.15) is 11.6 Å². The summed E-state index contributed by atoms with van der Waals surface area (Å²) in [6.07, 6.45) is 1.41. The Morgan fingerprint density at radius 1 is 1.00 bits per heavy atom. The molecule has 214 valence electrons. The second-order valence-electron chi connectivity index (χ2n) is 9.93. The van der Waals surface area contributed by atoms with Crippen LogP contribution in [0.3, 0.4) is 0 Å². The molecule has 3 aromatic carbocycles. The molecular weight excluding hydrogens is 548 g/mol. The highest BCUT2D eigenvalue weighted by Crippen LogP contribution is 2.45. The number of hydrogen-bond donors (Lipinski definition) is 1. The predicted molar refractivity (Wildman–Crippen MR) is 150 cm³/mol. The third-order valence-electron chi connectivity index (χ3n) is 7.05. The summed E-state index contributed by atoms with van der Waals surface area (Å²) in [5, 5.41) is 25.0. The number of aliphatic hydroxyl groups is 1. The first-order valence-electron chi connectivity index (χ1n) is 13.0. The lowest BCUT2D eigenvalue weighted by atomic mass is 9.89. The summed E-state index contributed by atoms with van der Waals surface area (Å²) >= 11 is 0. The minimum Gasteiger partial charge on any atom is -0.497 e. The zero-order chi connectivity index (χ0) is 29.9. The Morgan fingerprint density at radius 3 is 2.48 bits per heavy atom. The van der Waals surface area contributed by atoms with E-state index in [9.17, 15) is 27.9 Å². The number of methoxy groups -OCH3 is 1. The standard InChI is InChI=1S/C32H26F4N4O2/c1-42-27-10-7-22(8-11-27)19-40-20-25(17-38-40)5-3-13-31(41,32(34,35)36)29-21-39(18-24-4-2-6-26(33)14-24)30-15-23(16-37)9-12-28(29)30/h2-12,14-15,17,20-21,41H,13,18-19H2,1H3/b5-3+. The van der Waals surface area contributed by atoms with Crippen LogP contribution in [-0.2, 0) is 18.7 Å². The van der Waals surface area contributed by atoms with Gasteiger partial charge in [0.25, 0.3) is 0 Å². The van der Waals surface area contributed by atoms with E-state index in [1.807, 2.05) is 30.3 Å². The van der Waals surface area contributed by atoms with Gasteiger partial charge in [0, 0.05) is 41.9 Å². The molecule has 10 heteroatoms. The number of fused-ring (bicyclic) bond motifs is 1. The van der Waals surface area contributed by atoms with E-state index in [0.29, 0.717) is 23.2 Å². The van der Waals surface area contributed by atoms with E-state index in [2.05, 4.69) is 5.10 Å². The van der Waals surface area contributed by atoms with Crippen molar-refractivity contribution >= 4 is 17.0 Å². The highest BCUT2D eigenvalue weighted by Gasteiger charge is 2.55. The first kappa shape index (κ1) is 28.6. The van der Waals surface area contributed by atoms with Crippen LogP contribution in [-0.4, -0.2) is 32.7 Å². The van der Waals surface area contributed by atoms with Gasteiger partial charge >= 0.3 is 6.18 Å². The zero-order valence-corrected chi connectivity index (χ0v) is 22.5. The number of aromatic nitrogens is 3. The van der Waals surface area contributed by atoms with Crippen molar-refractivity contribution in [2.24, 2.45) is 0 Å². The lowest BCUT2D eigenvalue weighted by Crippen LogP contribution is -2.41. The minimum absolute atomic E-state index is 0.0420. The van der Waals surface area contributed by atoms with Crippen LogP contribution in [0.2, 0.25) is 0 Å². The van der Waals surface area contributed by atoms with Gasteiger partial charge < -0.3 is 14.4 Å². The number of ether oxygens (including phenoxy) is 1. The van der Waals surface area contributed by atoms with Crippen molar-refractivity contribution in [1.29, 1.82) is 5.26 Å². The monoisotopic (exact) mass is 574 g/mol. The molecule has 42 heavy (non-hydrogen) atoms. The molecule has 5 aromatic rings. The molecule has 2 heterocycles. The van der Waals surface area contributed by atoms with Crippen LogP contribution in [0.15, 0.2) is 91.4 Å². The van der Waals surface area contributed by atoms with Gasteiger partial charge in [0.2, 0.25) is 0 Å². The molecule has 0 aliphatic heterocycles. The Hall–Kier alpha value is -4.88. The topological polar surface area (TPSA) is 76.0 Å². The van der Waals surface area contributed by atoms with Crippen molar-refractivity contribution in [3.05, 3.63) is 125 Å². The van der Waals surface area contributed by atoms with Crippen LogP contribution in [0.1, 0.15) is 34.2 Å². The van der Waals surface area contributed by atoms with Crippen molar-refractivity contribution < 1.29 is 27.4 Å². The number of hydrogen-bond acceptors (Lipinski definition) is 4. The number of benzene rings is 3. The third-order valence-corrected chi connectivity index (χ3v) is 7.05. The molecule has 0 amide bonds. The van der Waals surface area contributed by atoms with E-state index in [1.165, 1.54) is 65.5 Å². The molecule has 0 spiro atoms. The highest BCUT2D eigenvalue weighted by atomic mass is 19.4. The molecule has 0 saturated carbocycles. The molecule has 0 fully saturated rings. The van der Waals surface area contributed by atoms with Gasteiger partial charge in [-0.05, 0) is 47.5 Å². The van der Waals surface area contributed by atoms with Gasteiger partial charge in [0.05, 0.1) is 37.0 Å². The van der Waals surface area contributed by atoms with Crippen LogP contribution >= 0.6 is 0 Å². The summed E-state index contributed by atoms with van der Waals surface area (Å²) in [6, 6.07) is 19.4. The van der Waals surface area contributed by atoms with Gasteiger partial charge in [-0.3, -0.25) is 4.68 Å². The van der Waals surface area contributed by atoms with Crippen molar-refractivity contribution in [3.63, 3.8) is 0 Å². The Balaban J connectivity index is 1.44. The third kappa shape index (κ3) is 5.92. The van der Waals surface area contributed by atoms with Gasteiger partial charge in [-0.2, -0.15) is 23.5 Å². The molecule has 0 saturated heterocycles. The minimum atomic E-state index is -5.03. The van der Waals surface area contributed by atoms with Gasteiger partial charge in [0.15, 0.2) is 5.60 Å². The van der Waals surface area contributed by atoms with E-state index in [-0.39, 0.29) is 23.1 Å². The smallest absolute Gasteiger partial charge is 0.421 e. The Labute approximate surface area is 239 Å². The Kier molecular flexibility index (Phi) is 7.87. The summed E-state index contributed by atoms with van der Waals surface area (Å²) in [5.74, 6) is 0.244. The van der Waals surface area contributed by atoms with Crippen LogP contribution in [0, 0.1) is 17.1 Å². The zero-order valence-electron chi connectivity index (χ0n) is 22.5. The number of alkyl halides is 3. The fraction of sp³-hybridized carbons (Fsp3) is 0.188. The predicted octanol–water partition coefficient (Wildman–Crippen LogP) is 6.81. The van der Waals surface area contributed by atoms with Gasteiger partial charge in [-0.25, -0.2) is 4.39 Å². The average molecular weight is 575 g/mol. The number of halogens is 4. The van der Waals surface area contributed by atoms with Crippen LogP contribution in [0.4, 0.5) is 17.6 Å². The van der Waals surface area contributed by atoms with Crippen molar-refractivity contribution in [3.8, 4) is 11.8 Å². The van der Waals surface area contributed by atoms with Gasteiger partial charge in [-0.15, -0.1) is 0 Å². The first-order chi connectivity index (χ1) is 20.1. The summed E-state index contributed by atoms with van der Waals surface area (Å²) in [4.78, 5) is 0. The fourth-order valence-corrected chi connectivity index (χ4v) is 4.87. The molecule has 2 aromatic heterocycles. The summed E-state index contributed by atoms with van der Waals surface area (Å²) in [7, 11) is 1.58. The quantitative estimate of drug-likeness (QED) is 0.196. The molecular formula is C32H26F4N4O2. The lowest BCUT2D eigenvalue weighted by molar-refractivity contribution is -0.264. The lowest BCUT2D eigenvalue weighted by Gasteiger charge is -2.29. The maximum absolute atomic E-state index is 14.6. The molecule has 1 N–H and O–H groups in total. The maximum Gasteiger partial charge on any atom is 0.421 e. The summed E-state index contributed by atoms with van der Waals surface area (Å²) in [5.41, 5.74) is -0.971. The largest absolute Gasteiger partial charge is 0.497 e. The molecule has 1 atom stereocenters. The Bertz CT molecular complexity index is 1780. The Morgan fingerprint density at radius 2 is 1.79 bits per heavy atom. The summed E-state index contributed by atoms with van der Waals surface area (Å²) in [6.45, 7) is 0.500. The van der Waals surface area contributed by atoms with E-state index < -0.39 is 24.0 Å². The molecule has 0 radical (unpaired) electrons. The van der Waals surface area contributed by atoms with E-state index in [4.69, 9.17) is 4.74 Å². The van der Waals surface area contributed by atoms with Crippen LogP contribution < -0.4 is 4.74 Å². The molecule has 0 aliphatic rings. The summed E-state index contributed by atoms with van der Waals surface area (Å²) < 4.78 is 65.8. The number of nitrogens with zero attached hydrogens (tertiary/aromatic N) is 4.